The molecular weight excluding hydrogens is 838 g/mol. The van der Waals surface area contributed by atoms with Crippen molar-refractivity contribution in [2.75, 3.05) is 19.6 Å². The fourth-order valence-corrected chi connectivity index (χ4v) is 10.1. The molecule has 2 aliphatic heterocycles. The summed E-state index contributed by atoms with van der Waals surface area (Å²) in [6, 6.07) is 12.6. The van der Waals surface area contributed by atoms with E-state index in [1.165, 1.54) is 37.2 Å². The lowest BCUT2D eigenvalue weighted by Crippen LogP contribution is -2.45. The number of benzene rings is 2. The Labute approximate surface area is 392 Å². The maximum Gasteiger partial charge on any atom is 0.283 e. The van der Waals surface area contributed by atoms with Crippen molar-refractivity contribution in [3.63, 3.8) is 0 Å². The van der Waals surface area contributed by atoms with Crippen LogP contribution in [0.2, 0.25) is 0 Å². The van der Waals surface area contributed by atoms with Crippen LogP contribution in [0.5, 0.6) is 0 Å². The van der Waals surface area contributed by atoms with E-state index in [0.29, 0.717) is 35.9 Å². The van der Waals surface area contributed by atoms with E-state index >= 15 is 0 Å². The summed E-state index contributed by atoms with van der Waals surface area (Å²) >= 11 is 1.85. The zero-order chi connectivity index (χ0) is 47.6. The van der Waals surface area contributed by atoms with Gasteiger partial charge < -0.3 is 25.6 Å². The number of para-hydroxylation sites is 1. The quantitative estimate of drug-likeness (QED) is 0.0282. The molecule has 2 aromatic rings. The number of halogens is 1. The summed E-state index contributed by atoms with van der Waals surface area (Å²) in [4.78, 5) is 16.6. The zero-order valence-electron chi connectivity index (χ0n) is 39.6. The summed E-state index contributed by atoms with van der Waals surface area (Å²) in [5.74, 6) is 5.71. The van der Waals surface area contributed by atoms with Gasteiger partial charge in [-0.15, -0.1) is 13.2 Å². The third-order valence-corrected chi connectivity index (χ3v) is 14.5. The van der Waals surface area contributed by atoms with Crippen LogP contribution in [0, 0.1) is 33.2 Å². The van der Waals surface area contributed by atoms with Crippen LogP contribution in [-0.4, -0.2) is 61.9 Å². The number of unbranched alkanes of at least 4 members (excludes halogenated alkanes) is 1. The van der Waals surface area contributed by atoms with Gasteiger partial charge in [0.1, 0.15) is 5.82 Å². The van der Waals surface area contributed by atoms with Crippen LogP contribution in [-0.2, 0) is 13.1 Å². The number of hydrogen-bond acceptors (Lipinski definition) is 9. The number of nitrogens with one attached hydrogen (secondary N) is 2. The molecule has 4 N–H and O–H groups in total. The standard InChI is InChI=1S/C28H44N4O2S.C12H14FN.C10H15NS.C2H5N/c1-9-10-13-18-30(35(8)27-17-12-11-16-26(27)32(33)34)21-25(29-22(2)20-28(5,6)7)24(4)31-19-14-15-23(31)3;1-3-9(2)14-7-10-5-4-6-12(13)11(10)8-14;1-3-8-6-10(8)7(2)11-12-9-4-5-9;1-2-3/h9,11-12,16-17,23,25,29H,1-2,4,8,10,13-15,18-21H2,3,5-7H3;4-6H,2-3,7-8H2,1H3;3,8-11H,1-2,4-6H2;2H,1,3H2/t23?,25-,35?;;;/m0.../s1. The molecule has 0 amide bonds. The molecule has 2 saturated carbocycles. The highest BCUT2D eigenvalue weighted by Gasteiger charge is 2.37. The number of nitro groups is 1. The fourth-order valence-electron chi connectivity index (χ4n) is 7.71. The Morgan fingerprint density at radius 1 is 1.09 bits per heavy atom. The number of hydrogen-bond donors (Lipinski definition) is 3. The Hall–Kier alpha value is -4.52. The molecule has 4 unspecified atom stereocenters. The minimum atomic E-state index is -0.710. The monoisotopic (exact) mass is 916 g/mol. The first-order valence-electron chi connectivity index (χ1n) is 22.7. The first-order valence-corrected chi connectivity index (χ1v) is 24.9. The Morgan fingerprint density at radius 3 is 2.33 bits per heavy atom. The molecule has 3 fully saturated rings. The van der Waals surface area contributed by atoms with Gasteiger partial charge in [-0.3, -0.25) is 10.1 Å². The first-order chi connectivity index (χ1) is 30.4. The number of nitro benzene ring substituents is 1. The minimum Gasteiger partial charge on any atom is -0.405 e. The predicted molar refractivity (Wildman–Crippen MR) is 276 cm³/mol. The van der Waals surface area contributed by atoms with Gasteiger partial charge in [-0.2, -0.15) is 0 Å². The third-order valence-electron chi connectivity index (χ3n) is 11.5. The molecule has 2 aromatic carbocycles. The number of rotatable bonds is 21. The predicted octanol–water partition coefficient (Wildman–Crippen LogP) is 12.6. The number of likely N-dealkylation sites (tertiary alicyclic amines) is 1. The lowest BCUT2D eigenvalue weighted by atomic mass is 9.90. The lowest BCUT2D eigenvalue weighted by molar-refractivity contribution is -0.387. The second-order valence-corrected chi connectivity index (χ2v) is 21.0. The molecule has 0 radical (unpaired) electrons. The van der Waals surface area contributed by atoms with E-state index in [1.807, 2.05) is 42.3 Å². The van der Waals surface area contributed by atoms with Crippen LogP contribution in [0.3, 0.4) is 0 Å². The summed E-state index contributed by atoms with van der Waals surface area (Å²) in [6.07, 6.45) is 15.1. The van der Waals surface area contributed by atoms with Gasteiger partial charge in [0, 0.05) is 84.4 Å². The van der Waals surface area contributed by atoms with Gasteiger partial charge in [0.25, 0.3) is 5.69 Å². The van der Waals surface area contributed by atoms with E-state index in [2.05, 4.69) is 116 Å². The van der Waals surface area contributed by atoms with Crippen LogP contribution in [0.15, 0.2) is 135 Å². The van der Waals surface area contributed by atoms with Crippen molar-refractivity contribution >= 4 is 34.2 Å². The third kappa shape index (κ3) is 17.5. The molecule has 1 saturated heterocycles. The molecule has 6 rings (SSSR count). The topological polar surface area (TPSA) is 103 Å². The van der Waals surface area contributed by atoms with Gasteiger partial charge in [0.2, 0.25) is 0 Å². The van der Waals surface area contributed by atoms with Crippen molar-refractivity contribution in [3.8, 4) is 0 Å². The second kappa shape index (κ2) is 26.4. The SMILES string of the molecule is C=C(CC)N1Cc2cccc(F)c2C1.C=CC1CC1C(=C)NSC1CC1.C=CCCCN(C[C@H](NC(=C)CC(C)(C)C)C(=C)N1CCCC1C)S(=C)c1ccccc1[N+](=O)[O-].C=CN. The average molecular weight is 916 g/mol. The Balaban J connectivity index is 0.000000301. The highest BCUT2D eigenvalue weighted by molar-refractivity contribution is 8.12. The van der Waals surface area contributed by atoms with E-state index in [-0.39, 0.29) is 27.9 Å². The van der Waals surface area contributed by atoms with Gasteiger partial charge in [0.05, 0.1) is 15.9 Å². The van der Waals surface area contributed by atoms with Crippen LogP contribution >= 0.6 is 22.6 Å². The average Bonchev–Trinajstić information content (AvgIpc) is 4.16. The van der Waals surface area contributed by atoms with E-state index in [9.17, 15) is 14.5 Å². The molecule has 5 atom stereocenters. The summed E-state index contributed by atoms with van der Waals surface area (Å²) in [5.41, 5.74) is 11.1. The highest BCUT2D eigenvalue weighted by Crippen LogP contribution is 2.45. The zero-order valence-corrected chi connectivity index (χ0v) is 41.2. The van der Waals surface area contributed by atoms with E-state index in [0.717, 1.165) is 91.6 Å². The normalized spacial score (nSPS) is 19.1. The van der Waals surface area contributed by atoms with Crippen LogP contribution in [0.4, 0.5) is 10.1 Å². The van der Waals surface area contributed by atoms with Crippen LogP contribution in [0.25, 0.3) is 0 Å². The fraction of sp³-hybridized carbons (Fsp3) is 0.481. The van der Waals surface area contributed by atoms with E-state index in [4.69, 9.17) is 0 Å². The maximum atomic E-state index is 13.4. The molecule has 9 nitrogen and oxygen atoms in total. The van der Waals surface area contributed by atoms with Gasteiger partial charge in [0.15, 0.2) is 0 Å². The smallest absolute Gasteiger partial charge is 0.283 e. The highest BCUT2D eigenvalue weighted by atomic mass is 32.2. The molecule has 64 heavy (non-hydrogen) atoms. The first kappa shape index (κ1) is 53.8. The molecule has 12 heteroatoms. The molecule has 0 spiro atoms. The number of allylic oxidation sites excluding steroid dienone is 5. The molecule has 4 aliphatic rings. The summed E-state index contributed by atoms with van der Waals surface area (Å²) in [7, 11) is -0.710. The van der Waals surface area contributed by atoms with Gasteiger partial charge in [-0.05, 0) is 112 Å². The number of nitrogens with two attached hydrogens (primary N) is 1. The molecule has 2 heterocycles. The van der Waals surface area contributed by atoms with Crippen molar-refractivity contribution in [3.05, 3.63) is 157 Å². The van der Waals surface area contributed by atoms with Crippen molar-refractivity contribution in [2.24, 2.45) is 23.0 Å². The van der Waals surface area contributed by atoms with E-state index < -0.39 is 10.7 Å². The molecular formula is C52H78FN7O2S2. The summed E-state index contributed by atoms with van der Waals surface area (Å²) in [6.45, 7) is 42.4. The van der Waals surface area contributed by atoms with Crippen molar-refractivity contribution in [1.29, 1.82) is 0 Å². The minimum absolute atomic E-state index is 0.0614. The Bertz CT molecular complexity index is 1960. The van der Waals surface area contributed by atoms with Gasteiger partial charge in [-0.25, -0.2) is 8.70 Å². The Kier molecular flexibility index (Phi) is 22.2. The van der Waals surface area contributed by atoms with Gasteiger partial charge >= 0.3 is 0 Å². The van der Waals surface area contributed by atoms with Crippen molar-refractivity contribution in [2.45, 2.75) is 128 Å². The van der Waals surface area contributed by atoms with Gasteiger partial charge in [-0.1, -0.05) is 114 Å². The van der Waals surface area contributed by atoms with Crippen molar-refractivity contribution in [1.82, 2.24) is 24.1 Å². The molecule has 0 aromatic heterocycles. The molecule has 352 valence electrons. The van der Waals surface area contributed by atoms with Crippen LogP contribution < -0.4 is 15.8 Å². The second-order valence-electron chi connectivity index (χ2n) is 18.2. The molecule has 0 bridgehead atoms. The van der Waals surface area contributed by atoms with E-state index in [1.54, 1.807) is 18.2 Å². The Morgan fingerprint density at radius 2 is 1.78 bits per heavy atom. The number of nitrogens with zero attached hydrogens (tertiary/aromatic N) is 4. The van der Waals surface area contributed by atoms with Crippen molar-refractivity contribution < 1.29 is 9.31 Å². The van der Waals surface area contributed by atoms with Crippen LogP contribution in [0.1, 0.15) is 104 Å². The number of fused-ring (bicyclic) bond motifs is 1. The largest absolute Gasteiger partial charge is 0.405 e. The summed E-state index contributed by atoms with van der Waals surface area (Å²) in [5, 5.41) is 16.3. The summed E-state index contributed by atoms with van der Waals surface area (Å²) < 4.78 is 19.0. The maximum absolute atomic E-state index is 13.4. The lowest BCUT2D eigenvalue weighted by Gasteiger charge is -2.37. The molecule has 2 aliphatic carbocycles.